The molecule has 0 saturated heterocycles. The number of nitrogens with one attached hydrogen (secondary N) is 1. The van der Waals surface area contributed by atoms with Crippen LogP contribution in [0.4, 0.5) is 0 Å². The van der Waals surface area contributed by atoms with E-state index in [1.807, 2.05) is 38.1 Å². The van der Waals surface area contributed by atoms with Gasteiger partial charge in [0.15, 0.2) is 0 Å². The highest BCUT2D eigenvalue weighted by Crippen LogP contribution is 2.37. The number of amides is 1. The molecule has 1 N–H and O–H groups in total. The lowest BCUT2D eigenvalue weighted by molar-refractivity contribution is -0.134. The summed E-state index contributed by atoms with van der Waals surface area (Å²) in [4.78, 5) is 12.3. The van der Waals surface area contributed by atoms with Crippen LogP contribution in [0.3, 0.4) is 0 Å². The number of benzene rings is 1. The summed E-state index contributed by atoms with van der Waals surface area (Å²) in [6, 6.07) is 7.73. The van der Waals surface area contributed by atoms with Crippen molar-refractivity contribution in [2.24, 2.45) is 10.8 Å². The summed E-state index contributed by atoms with van der Waals surface area (Å²) in [7, 11) is 1.64. The third-order valence-electron chi connectivity index (χ3n) is 4.03. The van der Waals surface area contributed by atoms with Gasteiger partial charge < -0.3 is 10.1 Å². The molecule has 0 aliphatic heterocycles. The van der Waals surface area contributed by atoms with Gasteiger partial charge in [-0.25, -0.2) is 0 Å². The molecule has 0 atom stereocenters. The van der Waals surface area contributed by atoms with Crippen LogP contribution in [0.25, 0.3) is 0 Å². The molecule has 0 radical (unpaired) electrons. The van der Waals surface area contributed by atoms with Crippen LogP contribution in [0.15, 0.2) is 24.3 Å². The first-order valence-electron chi connectivity index (χ1n) is 6.59. The lowest BCUT2D eigenvalue weighted by Gasteiger charge is -2.37. The number of hydrogen-bond acceptors (Lipinski definition) is 2. The number of carbonyl (C=O) groups excluding carboxylic acids is 1. The van der Waals surface area contributed by atoms with Crippen molar-refractivity contribution in [1.29, 1.82) is 0 Å². The van der Waals surface area contributed by atoms with Gasteiger partial charge in [0.1, 0.15) is 5.75 Å². The molecule has 0 heterocycles. The fourth-order valence-electron chi connectivity index (χ4n) is 1.53. The standard InChI is InChI=1S/C16H25NO2/c1-15(2,3)16(4,5)14(18)17-11-12-8-7-9-13(10-12)19-6/h7-10H,11H2,1-6H3,(H,17,18). The van der Waals surface area contributed by atoms with Crippen LogP contribution in [-0.2, 0) is 11.3 Å². The van der Waals surface area contributed by atoms with Crippen molar-refractivity contribution in [2.75, 3.05) is 7.11 Å². The molecule has 0 aromatic heterocycles. The highest BCUT2D eigenvalue weighted by molar-refractivity contribution is 5.82. The fraction of sp³-hybridized carbons (Fsp3) is 0.562. The van der Waals surface area contributed by atoms with E-state index in [1.165, 1.54) is 0 Å². The Labute approximate surface area is 116 Å². The van der Waals surface area contributed by atoms with Crippen molar-refractivity contribution in [3.63, 3.8) is 0 Å². The number of rotatable bonds is 4. The molecule has 1 rings (SSSR count). The van der Waals surface area contributed by atoms with Crippen LogP contribution in [0.2, 0.25) is 0 Å². The number of ether oxygens (including phenoxy) is 1. The van der Waals surface area contributed by atoms with Crippen LogP contribution >= 0.6 is 0 Å². The Bertz CT molecular complexity index is 444. The van der Waals surface area contributed by atoms with Crippen LogP contribution < -0.4 is 10.1 Å². The van der Waals surface area contributed by atoms with Crippen LogP contribution in [0.1, 0.15) is 40.2 Å². The Balaban J connectivity index is 2.69. The molecule has 0 fully saturated rings. The van der Waals surface area contributed by atoms with Gasteiger partial charge in [-0.3, -0.25) is 4.79 Å². The second-order valence-corrected chi connectivity index (χ2v) is 6.41. The van der Waals surface area contributed by atoms with Gasteiger partial charge in [-0.1, -0.05) is 46.8 Å². The summed E-state index contributed by atoms with van der Waals surface area (Å²) in [6.07, 6.45) is 0. The molecule has 1 aromatic carbocycles. The maximum Gasteiger partial charge on any atom is 0.226 e. The Kier molecular flexibility index (Phi) is 4.61. The van der Waals surface area contributed by atoms with Gasteiger partial charge in [0.25, 0.3) is 0 Å². The van der Waals surface area contributed by atoms with Crippen molar-refractivity contribution >= 4 is 5.91 Å². The summed E-state index contributed by atoms with van der Waals surface area (Å²) in [5.41, 5.74) is 0.551. The summed E-state index contributed by atoms with van der Waals surface area (Å²) in [5.74, 6) is 0.879. The molecule has 0 aliphatic carbocycles. The van der Waals surface area contributed by atoms with Gasteiger partial charge in [0, 0.05) is 12.0 Å². The van der Waals surface area contributed by atoms with Gasteiger partial charge in [-0.2, -0.15) is 0 Å². The maximum absolute atomic E-state index is 12.3. The number of methoxy groups -OCH3 is 1. The van der Waals surface area contributed by atoms with Crippen LogP contribution in [0.5, 0.6) is 5.75 Å². The summed E-state index contributed by atoms with van der Waals surface area (Å²) >= 11 is 0. The van der Waals surface area contributed by atoms with E-state index < -0.39 is 5.41 Å². The lowest BCUT2D eigenvalue weighted by Crippen LogP contribution is -2.44. The molecular weight excluding hydrogens is 238 g/mol. The molecule has 19 heavy (non-hydrogen) atoms. The molecule has 0 bridgehead atoms. The predicted octanol–water partition coefficient (Wildman–Crippen LogP) is 3.38. The SMILES string of the molecule is COc1cccc(CNC(=O)C(C)(C)C(C)(C)C)c1. The van der Waals surface area contributed by atoms with E-state index >= 15 is 0 Å². The van der Waals surface area contributed by atoms with Crippen molar-refractivity contribution in [3.05, 3.63) is 29.8 Å². The van der Waals surface area contributed by atoms with Gasteiger partial charge >= 0.3 is 0 Å². The van der Waals surface area contributed by atoms with Crippen molar-refractivity contribution in [2.45, 2.75) is 41.2 Å². The molecule has 1 amide bonds. The number of hydrogen-bond donors (Lipinski definition) is 1. The summed E-state index contributed by atoms with van der Waals surface area (Å²) in [6.45, 7) is 10.7. The second kappa shape index (κ2) is 5.64. The van der Waals surface area contributed by atoms with E-state index in [2.05, 4.69) is 26.1 Å². The van der Waals surface area contributed by atoms with Crippen molar-refractivity contribution < 1.29 is 9.53 Å². The van der Waals surface area contributed by atoms with Crippen LogP contribution in [-0.4, -0.2) is 13.0 Å². The van der Waals surface area contributed by atoms with E-state index in [9.17, 15) is 4.79 Å². The molecule has 3 nitrogen and oxygen atoms in total. The maximum atomic E-state index is 12.3. The highest BCUT2D eigenvalue weighted by atomic mass is 16.5. The third-order valence-corrected chi connectivity index (χ3v) is 4.03. The fourth-order valence-corrected chi connectivity index (χ4v) is 1.53. The van der Waals surface area contributed by atoms with Crippen molar-refractivity contribution in [1.82, 2.24) is 5.32 Å². The summed E-state index contributed by atoms with van der Waals surface area (Å²) in [5, 5.41) is 3.00. The smallest absolute Gasteiger partial charge is 0.226 e. The minimum atomic E-state index is -0.411. The zero-order chi connectivity index (χ0) is 14.7. The topological polar surface area (TPSA) is 38.3 Å². The molecule has 0 saturated carbocycles. The second-order valence-electron chi connectivity index (χ2n) is 6.41. The first-order valence-corrected chi connectivity index (χ1v) is 6.59. The van der Waals surface area contributed by atoms with Gasteiger partial charge in [0.05, 0.1) is 7.11 Å². The van der Waals surface area contributed by atoms with Gasteiger partial charge in [0.2, 0.25) is 5.91 Å². The monoisotopic (exact) mass is 263 g/mol. The number of carbonyl (C=O) groups is 1. The molecule has 0 spiro atoms. The van der Waals surface area contributed by atoms with Gasteiger partial charge in [-0.05, 0) is 23.1 Å². The third kappa shape index (κ3) is 3.72. The van der Waals surface area contributed by atoms with Gasteiger partial charge in [-0.15, -0.1) is 0 Å². The minimum absolute atomic E-state index is 0.0721. The van der Waals surface area contributed by atoms with E-state index in [4.69, 9.17) is 4.74 Å². The molecule has 3 heteroatoms. The summed E-state index contributed by atoms with van der Waals surface area (Å²) < 4.78 is 5.17. The van der Waals surface area contributed by atoms with E-state index in [0.717, 1.165) is 11.3 Å². The Morgan fingerprint density at radius 1 is 1.21 bits per heavy atom. The minimum Gasteiger partial charge on any atom is -0.497 e. The normalized spacial score (nSPS) is 12.1. The largest absolute Gasteiger partial charge is 0.497 e. The van der Waals surface area contributed by atoms with E-state index in [1.54, 1.807) is 7.11 Å². The highest BCUT2D eigenvalue weighted by Gasteiger charge is 2.39. The van der Waals surface area contributed by atoms with Crippen LogP contribution in [0, 0.1) is 10.8 Å². The predicted molar refractivity (Wildman–Crippen MR) is 78.1 cm³/mol. The van der Waals surface area contributed by atoms with E-state index in [-0.39, 0.29) is 11.3 Å². The Morgan fingerprint density at radius 3 is 2.37 bits per heavy atom. The molecule has 0 unspecified atom stereocenters. The molecule has 0 aliphatic rings. The average molecular weight is 263 g/mol. The Morgan fingerprint density at radius 2 is 1.84 bits per heavy atom. The zero-order valence-electron chi connectivity index (χ0n) is 12.8. The first kappa shape index (κ1) is 15.5. The molecule has 1 aromatic rings. The first-order chi connectivity index (χ1) is 8.68. The average Bonchev–Trinajstić information content (AvgIpc) is 2.34. The quantitative estimate of drug-likeness (QED) is 0.904. The molecular formula is C16H25NO2. The lowest BCUT2D eigenvalue weighted by atomic mass is 9.69. The Hall–Kier alpha value is -1.51. The van der Waals surface area contributed by atoms with Crippen molar-refractivity contribution in [3.8, 4) is 5.75 Å². The van der Waals surface area contributed by atoms with E-state index in [0.29, 0.717) is 6.54 Å². The zero-order valence-corrected chi connectivity index (χ0v) is 12.8. The molecule has 106 valence electrons.